The van der Waals surface area contributed by atoms with Gasteiger partial charge in [0.2, 0.25) is 0 Å². The minimum absolute atomic E-state index is 0.647. The number of hydrogen-bond acceptors (Lipinski definition) is 5. The highest BCUT2D eigenvalue weighted by Gasteiger charge is 2.19. The van der Waals surface area contributed by atoms with Crippen LogP contribution >= 0.6 is 0 Å². The lowest BCUT2D eigenvalue weighted by atomic mass is 10.1. The Morgan fingerprint density at radius 1 is 1.16 bits per heavy atom. The zero-order chi connectivity index (χ0) is 12.7. The van der Waals surface area contributed by atoms with Crippen molar-refractivity contribution in [2.24, 2.45) is 0 Å². The van der Waals surface area contributed by atoms with Gasteiger partial charge in [-0.1, -0.05) is 6.07 Å². The summed E-state index contributed by atoms with van der Waals surface area (Å²) in [5, 5.41) is 15.9. The molecule has 0 saturated carbocycles. The SMILES string of the molecule is c1cc2c(c(-c3nnc4cccnn34)c1)OCCN2. The number of rotatable bonds is 1. The molecule has 0 unspecified atom stereocenters. The lowest BCUT2D eigenvalue weighted by Gasteiger charge is -2.20. The Hall–Kier alpha value is -2.63. The zero-order valence-electron chi connectivity index (χ0n) is 10.1. The summed E-state index contributed by atoms with van der Waals surface area (Å²) in [7, 11) is 0. The molecule has 3 aromatic rings. The third kappa shape index (κ3) is 1.53. The van der Waals surface area contributed by atoms with Crippen LogP contribution in [0.25, 0.3) is 17.0 Å². The molecule has 0 fully saturated rings. The lowest BCUT2D eigenvalue weighted by molar-refractivity contribution is 0.324. The molecule has 0 atom stereocenters. The van der Waals surface area contributed by atoms with E-state index < -0.39 is 0 Å². The first-order valence-electron chi connectivity index (χ1n) is 6.10. The van der Waals surface area contributed by atoms with Crippen LogP contribution in [0.1, 0.15) is 0 Å². The molecule has 1 aromatic carbocycles. The molecule has 6 nitrogen and oxygen atoms in total. The third-order valence-corrected chi connectivity index (χ3v) is 3.10. The van der Waals surface area contributed by atoms with E-state index in [0.29, 0.717) is 12.4 Å². The Morgan fingerprint density at radius 2 is 2.16 bits per heavy atom. The van der Waals surface area contributed by atoms with E-state index in [9.17, 15) is 0 Å². The topological polar surface area (TPSA) is 64.3 Å². The molecule has 94 valence electrons. The van der Waals surface area contributed by atoms with E-state index in [1.54, 1.807) is 10.7 Å². The van der Waals surface area contributed by atoms with Gasteiger partial charge in [0, 0.05) is 12.7 Å². The van der Waals surface area contributed by atoms with Crippen LogP contribution in [0.15, 0.2) is 36.5 Å². The summed E-state index contributed by atoms with van der Waals surface area (Å²) in [4.78, 5) is 0. The second-order valence-corrected chi connectivity index (χ2v) is 4.27. The minimum atomic E-state index is 0.647. The zero-order valence-corrected chi connectivity index (χ0v) is 10.1. The molecular weight excluding hydrogens is 242 g/mol. The van der Waals surface area contributed by atoms with Crippen LogP contribution < -0.4 is 10.1 Å². The van der Waals surface area contributed by atoms with Crippen molar-refractivity contribution in [3.63, 3.8) is 0 Å². The summed E-state index contributed by atoms with van der Waals surface area (Å²) in [6, 6.07) is 9.65. The Labute approximate surface area is 109 Å². The van der Waals surface area contributed by atoms with E-state index in [1.807, 2.05) is 30.3 Å². The molecule has 0 aliphatic carbocycles. The van der Waals surface area contributed by atoms with Gasteiger partial charge in [-0.3, -0.25) is 0 Å². The molecule has 1 N–H and O–H groups in total. The predicted octanol–water partition coefficient (Wildman–Crippen LogP) is 1.60. The van der Waals surface area contributed by atoms with Gasteiger partial charge >= 0.3 is 0 Å². The number of benzene rings is 1. The molecule has 1 aliphatic heterocycles. The highest BCUT2D eigenvalue weighted by atomic mass is 16.5. The van der Waals surface area contributed by atoms with Crippen molar-refractivity contribution in [1.82, 2.24) is 19.8 Å². The van der Waals surface area contributed by atoms with E-state index in [1.165, 1.54) is 0 Å². The van der Waals surface area contributed by atoms with Gasteiger partial charge in [-0.05, 0) is 24.3 Å². The smallest absolute Gasteiger partial charge is 0.189 e. The highest BCUT2D eigenvalue weighted by molar-refractivity contribution is 5.76. The van der Waals surface area contributed by atoms with E-state index in [0.717, 1.165) is 29.2 Å². The summed E-state index contributed by atoms with van der Waals surface area (Å²) in [5.74, 6) is 1.50. The fraction of sp³-hybridized carbons (Fsp3) is 0.154. The van der Waals surface area contributed by atoms with Crippen LogP contribution in [0.3, 0.4) is 0 Å². The number of aromatic nitrogens is 4. The maximum atomic E-state index is 5.76. The van der Waals surface area contributed by atoms with Gasteiger partial charge in [-0.25, -0.2) is 0 Å². The molecule has 2 aromatic heterocycles. The number of hydrogen-bond donors (Lipinski definition) is 1. The molecule has 0 saturated heterocycles. The predicted molar refractivity (Wildman–Crippen MR) is 70.2 cm³/mol. The molecule has 3 heterocycles. The molecule has 0 radical (unpaired) electrons. The van der Waals surface area contributed by atoms with E-state index in [2.05, 4.69) is 20.6 Å². The van der Waals surface area contributed by atoms with Gasteiger partial charge < -0.3 is 10.1 Å². The number of nitrogens with zero attached hydrogens (tertiary/aromatic N) is 4. The van der Waals surface area contributed by atoms with Crippen molar-refractivity contribution < 1.29 is 4.74 Å². The van der Waals surface area contributed by atoms with Crippen molar-refractivity contribution in [2.45, 2.75) is 0 Å². The van der Waals surface area contributed by atoms with Crippen LogP contribution in [0, 0.1) is 0 Å². The monoisotopic (exact) mass is 253 g/mol. The first-order chi connectivity index (χ1) is 9.43. The van der Waals surface area contributed by atoms with Crippen LogP contribution in [0.2, 0.25) is 0 Å². The van der Waals surface area contributed by atoms with Crippen molar-refractivity contribution in [2.75, 3.05) is 18.5 Å². The Bertz CT molecular complexity index is 752. The van der Waals surface area contributed by atoms with Gasteiger partial charge in [0.1, 0.15) is 6.61 Å². The highest BCUT2D eigenvalue weighted by Crippen LogP contribution is 2.36. The van der Waals surface area contributed by atoms with Gasteiger partial charge in [-0.2, -0.15) is 9.61 Å². The number of anilines is 1. The average Bonchev–Trinajstić information content (AvgIpc) is 2.90. The fourth-order valence-electron chi connectivity index (χ4n) is 2.26. The quantitative estimate of drug-likeness (QED) is 0.713. The largest absolute Gasteiger partial charge is 0.489 e. The molecule has 0 spiro atoms. The van der Waals surface area contributed by atoms with Crippen LogP contribution in [0.4, 0.5) is 5.69 Å². The normalized spacial score (nSPS) is 13.7. The maximum absolute atomic E-state index is 5.76. The number of ether oxygens (including phenoxy) is 1. The molecule has 1 aliphatic rings. The summed E-state index contributed by atoms with van der Waals surface area (Å²) in [6.45, 7) is 1.46. The van der Waals surface area contributed by atoms with E-state index in [-0.39, 0.29) is 0 Å². The summed E-state index contributed by atoms with van der Waals surface area (Å²) < 4.78 is 7.47. The second-order valence-electron chi connectivity index (χ2n) is 4.27. The minimum Gasteiger partial charge on any atom is -0.489 e. The third-order valence-electron chi connectivity index (χ3n) is 3.10. The molecule has 19 heavy (non-hydrogen) atoms. The fourth-order valence-corrected chi connectivity index (χ4v) is 2.26. The molecule has 0 bridgehead atoms. The van der Waals surface area contributed by atoms with Crippen molar-refractivity contribution >= 4 is 11.3 Å². The molecular formula is C13H11N5O. The summed E-state index contributed by atoms with van der Waals surface area (Å²) in [5.41, 5.74) is 2.60. The average molecular weight is 253 g/mol. The van der Waals surface area contributed by atoms with E-state index >= 15 is 0 Å². The number of fused-ring (bicyclic) bond motifs is 2. The van der Waals surface area contributed by atoms with Gasteiger partial charge in [0.05, 0.1) is 11.3 Å². The molecule has 4 rings (SSSR count). The first-order valence-corrected chi connectivity index (χ1v) is 6.10. The molecule has 0 amide bonds. The van der Waals surface area contributed by atoms with Gasteiger partial charge in [0.25, 0.3) is 0 Å². The van der Waals surface area contributed by atoms with Gasteiger partial charge in [0.15, 0.2) is 17.2 Å². The standard InChI is InChI=1S/C13H11N5O/c1-3-9(12-10(4-1)14-7-8-19-12)13-17-16-11-5-2-6-15-18(11)13/h1-6,14H,7-8H2. The van der Waals surface area contributed by atoms with Crippen molar-refractivity contribution in [3.8, 4) is 17.1 Å². The maximum Gasteiger partial charge on any atom is 0.189 e. The number of nitrogens with one attached hydrogen (secondary N) is 1. The Kier molecular flexibility index (Phi) is 2.14. The summed E-state index contributed by atoms with van der Waals surface area (Å²) in [6.07, 6.45) is 1.72. The van der Waals surface area contributed by atoms with Crippen molar-refractivity contribution in [3.05, 3.63) is 36.5 Å². The van der Waals surface area contributed by atoms with Crippen LogP contribution in [-0.2, 0) is 0 Å². The number of para-hydroxylation sites is 1. The first kappa shape index (κ1) is 10.3. The van der Waals surface area contributed by atoms with Crippen LogP contribution in [0.5, 0.6) is 5.75 Å². The van der Waals surface area contributed by atoms with Gasteiger partial charge in [-0.15, -0.1) is 10.2 Å². The second kappa shape index (κ2) is 3.94. The Morgan fingerprint density at radius 3 is 3.16 bits per heavy atom. The van der Waals surface area contributed by atoms with E-state index in [4.69, 9.17) is 4.74 Å². The summed E-state index contributed by atoms with van der Waals surface area (Å²) >= 11 is 0. The lowest BCUT2D eigenvalue weighted by Crippen LogP contribution is -2.18. The van der Waals surface area contributed by atoms with Crippen LogP contribution in [-0.4, -0.2) is 33.0 Å². The molecule has 6 heteroatoms. The Balaban J connectivity index is 1.97. The van der Waals surface area contributed by atoms with Crippen molar-refractivity contribution in [1.29, 1.82) is 0 Å².